The van der Waals surface area contributed by atoms with Crippen LogP contribution >= 0.6 is 0 Å². The predicted molar refractivity (Wildman–Crippen MR) is 73.1 cm³/mol. The molecular formula is C13H12N6O. The van der Waals surface area contributed by atoms with Gasteiger partial charge in [-0.3, -0.25) is 15.0 Å². The Labute approximate surface area is 114 Å². The molecule has 3 aromatic rings. The van der Waals surface area contributed by atoms with Crippen LogP contribution < -0.4 is 5.32 Å². The van der Waals surface area contributed by atoms with E-state index in [2.05, 4.69) is 30.7 Å². The Morgan fingerprint density at radius 3 is 2.95 bits per heavy atom. The first kappa shape index (κ1) is 12.1. The van der Waals surface area contributed by atoms with Crippen LogP contribution in [-0.2, 0) is 0 Å². The predicted octanol–water partition coefficient (Wildman–Crippen LogP) is 1.76. The average Bonchev–Trinajstić information content (AvgIpc) is 3.10. The van der Waals surface area contributed by atoms with Crippen LogP contribution in [0.2, 0.25) is 0 Å². The largest absolute Gasteiger partial charge is 0.322 e. The summed E-state index contributed by atoms with van der Waals surface area (Å²) in [6.45, 7) is 1.83. The lowest BCUT2D eigenvalue weighted by atomic mass is 10.2. The summed E-state index contributed by atoms with van der Waals surface area (Å²) in [6.07, 6.45) is 3.01. The van der Waals surface area contributed by atoms with E-state index in [1.165, 1.54) is 12.4 Å². The summed E-state index contributed by atoms with van der Waals surface area (Å²) in [5, 5.41) is 16.0. The number of nitrogens with one attached hydrogen (secondary N) is 3. The monoisotopic (exact) mass is 268 g/mol. The first-order chi connectivity index (χ1) is 9.72. The van der Waals surface area contributed by atoms with E-state index in [-0.39, 0.29) is 5.91 Å². The van der Waals surface area contributed by atoms with Gasteiger partial charge in [0.2, 0.25) is 0 Å². The van der Waals surface area contributed by atoms with Crippen LogP contribution in [-0.4, -0.2) is 31.3 Å². The van der Waals surface area contributed by atoms with Gasteiger partial charge < -0.3 is 5.32 Å². The Morgan fingerprint density at radius 2 is 2.25 bits per heavy atom. The standard InChI is InChI=1S/C13H12N6O/c1-8-16-12(19-18-8)9-3-2-4-11(5-9)17-13(20)10-6-14-15-7-10/h2-7H,1H3,(H,14,15)(H,17,20)(H,16,18,19). The lowest BCUT2D eigenvalue weighted by Crippen LogP contribution is -2.10. The third kappa shape index (κ3) is 2.41. The van der Waals surface area contributed by atoms with Crippen molar-refractivity contribution in [3.8, 4) is 11.4 Å². The van der Waals surface area contributed by atoms with Crippen molar-refractivity contribution in [3.63, 3.8) is 0 Å². The fourth-order valence-electron chi connectivity index (χ4n) is 1.79. The Bertz CT molecular complexity index is 731. The van der Waals surface area contributed by atoms with Crippen LogP contribution in [0.5, 0.6) is 0 Å². The zero-order valence-electron chi connectivity index (χ0n) is 10.7. The first-order valence-electron chi connectivity index (χ1n) is 6.02. The van der Waals surface area contributed by atoms with Crippen molar-refractivity contribution in [2.75, 3.05) is 5.32 Å². The topological polar surface area (TPSA) is 99.3 Å². The van der Waals surface area contributed by atoms with Crippen LogP contribution in [0.1, 0.15) is 16.2 Å². The second-order valence-electron chi connectivity index (χ2n) is 4.27. The van der Waals surface area contributed by atoms with Crippen molar-refractivity contribution < 1.29 is 4.79 Å². The molecule has 3 rings (SSSR count). The van der Waals surface area contributed by atoms with Gasteiger partial charge in [-0.15, -0.1) is 0 Å². The molecule has 0 radical (unpaired) electrons. The number of carbonyl (C=O) groups is 1. The summed E-state index contributed by atoms with van der Waals surface area (Å²) in [4.78, 5) is 16.2. The summed E-state index contributed by atoms with van der Waals surface area (Å²) < 4.78 is 0. The van der Waals surface area contributed by atoms with Gasteiger partial charge in [-0.05, 0) is 19.1 Å². The minimum atomic E-state index is -0.220. The molecule has 0 aliphatic carbocycles. The molecule has 0 atom stereocenters. The summed E-state index contributed by atoms with van der Waals surface area (Å²) >= 11 is 0. The average molecular weight is 268 g/mol. The van der Waals surface area contributed by atoms with Crippen molar-refractivity contribution in [3.05, 3.63) is 48.0 Å². The first-order valence-corrected chi connectivity index (χ1v) is 6.02. The number of hydrogen-bond donors (Lipinski definition) is 3. The molecule has 7 nitrogen and oxygen atoms in total. The van der Waals surface area contributed by atoms with Gasteiger partial charge in [-0.25, -0.2) is 4.98 Å². The molecule has 1 aromatic carbocycles. The number of aromatic nitrogens is 5. The Kier molecular flexibility index (Phi) is 3.00. The number of aryl methyl sites for hydroxylation is 1. The van der Waals surface area contributed by atoms with Crippen LogP contribution in [0.15, 0.2) is 36.7 Å². The Morgan fingerprint density at radius 1 is 1.35 bits per heavy atom. The highest BCUT2D eigenvalue weighted by Gasteiger charge is 2.09. The van der Waals surface area contributed by atoms with E-state index in [4.69, 9.17) is 0 Å². The second kappa shape index (κ2) is 4.96. The van der Waals surface area contributed by atoms with E-state index in [1.807, 2.05) is 25.1 Å². The number of nitrogens with zero attached hydrogens (tertiary/aromatic N) is 3. The third-order valence-corrected chi connectivity index (χ3v) is 2.74. The van der Waals surface area contributed by atoms with Crippen molar-refractivity contribution in [1.29, 1.82) is 0 Å². The maximum atomic E-state index is 11.9. The molecule has 1 amide bonds. The van der Waals surface area contributed by atoms with Gasteiger partial charge in [0.05, 0.1) is 11.8 Å². The minimum absolute atomic E-state index is 0.220. The molecule has 0 aliphatic heterocycles. The molecule has 0 saturated heterocycles. The number of hydrogen-bond acceptors (Lipinski definition) is 4. The van der Waals surface area contributed by atoms with E-state index in [0.29, 0.717) is 17.1 Å². The highest BCUT2D eigenvalue weighted by Crippen LogP contribution is 2.19. The number of aromatic amines is 2. The van der Waals surface area contributed by atoms with Crippen molar-refractivity contribution in [2.45, 2.75) is 6.92 Å². The lowest BCUT2D eigenvalue weighted by Gasteiger charge is -2.04. The van der Waals surface area contributed by atoms with Gasteiger partial charge in [-0.2, -0.15) is 10.2 Å². The fraction of sp³-hybridized carbons (Fsp3) is 0.0769. The highest BCUT2D eigenvalue weighted by molar-refractivity contribution is 6.04. The number of anilines is 1. The van der Waals surface area contributed by atoms with Crippen LogP contribution in [0.3, 0.4) is 0 Å². The number of amides is 1. The molecule has 0 unspecified atom stereocenters. The smallest absolute Gasteiger partial charge is 0.258 e. The molecule has 2 aromatic heterocycles. The summed E-state index contributed by atoms with van der Waals surface area (Å²) in [7, 11) is 0. The molecule has 7 heteroatoms. The normalized spacial score (nSPS) is 10.4. The van der Waals surface area contributed by atoms with E-state index in [9.17, 15) is 4.79 Å². The molecule has 0 fully saturated rings. The summed E-state index contributed by atoms with van der Waals surface area (Å²) in [5.74, 6) is 1.12. The zero-order chi connectivity index (χ0) is 13.9. The minimum Gasteiger partial charge on any atom is -0.322 e. The van der Waals surface area contributed by atoms with Gasteiger partial charge >= 0.3 is 0 Å². The Hall–Kier alpha value is -2.96. The highest BCUT2D eigenvalue weighted by atomic mass is 16.1. The van der Waals surface area contributed by atoms with Gasteiger partial charge in [0.1, 0.15) is 5.82 Å². The molecule has 20 heavy (non-hydrogen) atoms. The second-order valence-corrected chi connectivity index (χ2v) is 4.27. The number of benzene rings is 1. The van der Waals surface area contributed by atoms with Crippen LogP contribution in [0.25, 0.3) is 11.4 Å². The van der Waals surface area contributed by atoms with Crippen molar-refractivity contribution in [2.24, 2.45) is 0 Å². The van der Waals surface area contributed by atoms with Crippen LogP contribution in [0, 0.1) is 6.92 Å². The molecule has 3 N–H and O–H groups in total. The number of rotatable bonds is 3. The molecule has 2 heterocycles. The van der Waals surface area contributed by atoms with E-state index >= 15 is 0 Å². The van der Waals surface area contributed by atoms with Crippen LogP contribution in [0.4, 0.5) is 5.69 Å². The number of H-pyrrole nitrogens is 2. The quantitative estimate of drug-likeness (QED) is 0.673. The third-order valence-electron chi connectivity index (χ3n) is 2.74. The SMILES string of the molecule is Cc1nc(-c2cccc(NC(=O)c3cn[nH]c3)c2)n[nH]1. The molecule has 0 bridgehead atoms. The van der Waals surface area contributed by atoms with Gasteiger partial charge in [-0.1, -0.05) is 12.1 Å². The van der Waals surface area contributed by atoms with E-state index in [1.54, 1.807) is 6.07 Å². The van der Waals surface area contributed by atoms with Crippen molar-refractivity contribution >= 4 is 11.6 Å². The molecule has 100 valence electrons. The zero-order valence-corrected chi connectivity index (χ0v) is 10.7. The fourth-order valence-corrected chi connectivity index (χ4v) is 1.79. The van der Waals surface area contributed by atoms with Gasteiger partial charge in [0.25, 0.3) is 5.91 Å². The van der Waals surface area contributed by atoms with Gasteiger partial charge in [0, 0.05) is 17.4 Å². The summed E-state index contributed by atoms with van der Waals surface area (Å²) in [6, 6.07) is 7.35. The van der Waals surface area contributed by atoms with Crippen molar-refractivity contribution in [1.82, 2.24) is 25.4 Å². The maximum absolute atomic E-state index is 11.9. The molecule has 0 aliphatic rings. The molecule has 0 saturated carbocycles. The lowest BCUT2D eigenvalue weighted by molar-refractivity contribution is 0.102. The maximum Gasteiger partial charge on any atom is 0.258 e. The molecule has 0 spiro atoms. The summed E-state index contributed by atoms with van der Waals surface area (Å²) in [5.41, 5.74) is 1.99. The number of carbonyl (C=O) groups excluding carboxylic acids is 1. The van der Waals surface area contributed by atoms with E-state index in [0.717, 1.165) is 11.4 Å². The Balaban J connectivity index is 1.83. The van der Waals surface area contributed by atoms with E-state index < -0.39 is 0 Å². The molecular weight excluding hydrogens is 256 g/mol. The van der Waals surface area contributed by atoms with Gasteiger partial charge in [0.15, 0.2) is 5.82 Å².